The van der Waals surface area contributed by atoms with E-state index < -0.39 is 24.9 Å². The monoisotopic (exact) mass is 250 g/mol. The molecule has 0 aliphatic carbocycles. The fourth-order valence-corrected chi connectivity index (χ4v) is 1.53. The molecule has 0 bridgehead atoms. The Kier molecular flexibility index (Phi) is 6.16. The summed E-state index contributed by atoms with van der Waals surface area (Å²) >= 11 is 0.602. The Morgan fingerprint density at radius 2 is 1.87 bits per heavy atom. The summed E-state index contributed by atoms with van der Waals surface area (Å²) in [6.07, 6.45) is -8.05. The van der Waals surface area contributed by atoms with Gasteiger partial charge in [-0.05, 0) is 0 Å². The first-order valence-corrected chi connectivity index (χ1v) is 5.25. The molecule has 0 rings (SSSR count). The van der Waals surface area contributed by atoms with Crippen molar-refractivity contribution < 1.29 is 26.7 Å². The predicted octanol–water partition coefficient (Wildman–Crippen LogP) is 3.28. The maximum absolute atomic E-state index is 12.6. The van der Waals surface area contributed by atoms with Crippen molar-refractivity contribution in [3.63, 3.8) is 0 Å². The second kappa shape index (κ2) is 6.30. The lowest BCUT2D eigenvalue weighted by Gasteiger charge is -2.19. The SMILES string of the molecule is CCC(=O)SCCC(F)(F)C(F)C(F)F. The molecule has 0 saturated carbocycles. The summed E-state index contributed by atoms with van der Waals surface area (Å²) in [5, 5.41) is -0.321. The Labute approximate surface area is 88.4 Å². The van der Waals surface area contributed by atoms with Crippen LogP contribution in [0.2, 0.25) is 0 Å². The minimum absolute atomic E-state index is 0.171. The average molecular weight is 250 g/mol. The molecule has 90 valence electrons. The maximum Gasteiger partial charge on any atom is 0.285 e. The average Bonchev–Trinajstić information content (AvgIpc) is 2.15. The maximum atomic E-state index is 12.6. The summed E-state index contributed by atoms with van der Waals surface area (Å²) in [5.74, 6) is -4.43. The number of thioether (sulfide) groups is 1. The van der Waals surface area contributed by atoms with Gasteiger partial charge in [0.25, 0.3) is 12.3 Å². The van der Waals surface area contributed by atoms with E-state index in [-0.39, 0.29) is 17.3 Å². The highest BCUT2D eigenvalue weighted by molar-refractivity contribution is 8.13. The van der Waals surface area contributed by atoms with Crippen molar-refractivity contribution >= 4 is 16.9 Å². The van der Waals surface area contributed by atoms with Crippen molar-refractivity contribution in [1.82, 2.24) is 0 Å². The van der Waals surface area contributed by atoms with Crippen LogP contribution in [0.4, 0.5) is 22.0 Å². The van der Waals surface area contributed by atoms with E-state index in [1.54, 1.807) is 6.92 Å². The van der Waals surface area contributed by atoms with E-state index in [2.05, 4.69) is 0 Å². The van der Waals surface area contributed by atoms with Crippen LogP contribution in [0.25, 0.3) is 0 Å². The van der Waals surface area contributed by atoms with Gasteiger partial charge < -0.3 is 0 Å². The quantitative estimate of drug-likeness (QED) is 0.673. The zero-order valence-electron chi connectivity index (χ0n) is 7.98. The minimum Gasteiger partial charge on any atom is -0.287 e. The number of hydrogen-bond acceptors (Lipinski definition) is 2. The summed E-state index contributed by atoms with van der Waals surface area (Å²) in [4.78, 5) is 10.7. The molecule has 0 amide bonds. The van der Waals surface area contributed by atoms with E-state index in [0.29, 0.717) is 11.8 Å². The Balaban J connectivity index is 3.98. The van der Waals surface area contributed by atoms with Gasteiger partial charge in [-0.25, -0.2) is 22.0 Å². The third kappa shape index (κ3) is 5.34. The van der Waals surface area contributed by atoms with Gasteiger partial charge in [0.2, 0.25) is 6.17 Å². The molecular formula is C8H11F5OS. The molecule has 1 atom stereocenters. The molecule has 0 fully saturated rings. The van der Waals surface area contributed by atoms with Crippen molar-refractivity contribution in [3.05, 3.63) is 0 Å². The van der Waals surface area contributed by atoms with Gasteiger partial charge in [0.15, 0.2) is 5.12 Å². The van der Waals surface area contributed by atoms with Crippen LogP contribution in [0, 0.1) is 0 Å². The summed E-state index contributed by atoms with van der Waals surface area (Å²) in [6, 6.07) is 0. The molecular weight excluding hydrogens is 239 g/mol. The molecule has 1 unspecified atom stereocenters. The number of alkyl halides is 5. The molecule has 0 radical (unpaired) electrons. The van der Waals surface area contributed by atoms with E-state index >= 15 is 0 Å². The molecule has 0 saturated heterocycles. The first-order chi connectivity index (χ1) is 6.81. The fourth-order valence-electron chi connectivity index (χ4n) is 0.725. The van der Waals surface area contributed by atoms with Crippen LogP contribution < -0.4 is 0 Å². The van der Waals surface area contributed by atoms with Gasteiger partial charge in [-0.3, -0.25) is 4.79 Å². The Morgan fingerprint density at radius 3 is 2.27 bits per heavy atom. The van der Waals surface area contributed by atoms with E-state index in [4.69, 9.17) is 0 Å². The fraction of sp³-hybridized carbons (Fsp3) is 0.875. The topological polar surface area (TPSA) is 17.1 Å². The summed E-state index contributed by atoms with van der Waals surface area (Å²) in [5.41, 5.74) is 0. The van der Waals surface area contributed by atoms with Gasteiger partial charge in [-0.2, -0.15) is 0 Å². The smallest absolute Gasteiger partial charge is 0.285 e. The second-order valence-corrected chi connectivity index (χ2v) is 3.97. The first-order valence-electron chi connectivity index (χ1n) is 4.27. The number of hydrogen-bond donors (Lipinski definition) is 0. The third-order valence-electron chi connectivity index (χ3n) is 1.61. The van der Waals surface area contributed by atoms with E-state index in [0.717, 1.165) is 0 Å². The molecule has 15 heavy (non-hydrogen) atoms. The summed E-state index contributed by atoms with van der Waals surface area (Å²) in [6.45, 7) is 1.55. The molecule has 0 heterocycles. The van der Waals surface area contributed by atoms with Gasteiger partial charge in [-0.15, -0.1) is 0 Å². The number of carbonyl (C=O) groups excluding carboxylic acids is 1. The Hall–Kier alpha value is -0.330. The van der Waals surface area contributed by atoms with Crippen molar-refractivity contribution in [2.75, 3.05) is 5.75 Å². The summed E-state index contributed by atoms with van der Waals surface area (Å²) in [7, 11) is 0. The molecule has 0 aromatic rings. The van der Waals surface area contributed by atoms with E-state index in [9.17, 15) is 26.7 Å². The van der Waals surface area contributed by atoms with Crippen molar-refractivity contribution in [1.29, 1.82) is 0 Å². The van der Waals surface area contributed by atoms with Crippen LogP contribution in [0.1, 0.15) is 19.8 Å². The highest BCUT2D eigenvalue weighted by Gasteiger charge is 2.45. The molecule has 0 aliphatic heterocycles. The Morgan fingerprint density at radius 1 is 1.33 bits per heavy atom. The van der Waals surface area contributed by atoms with Crippen LogP contribution in [0.15, 0.2) is 0 Å². The highest BCUT2D eigenvalue weighted by atomic mass is 32.2. The lowest BCUT2D eigenvalue weighted by atomic mass is 10.1. The van der Waals surface area contributed by atoms with Gasteiger partial charge >= 0.3 is 0 Å². The van der Waals surface area contributed by atoms with Crippen molar-refractivity contribution in [3.8, 4) is 0 Å². The number of carbonyl (C=O) groups is 1. The first kappa shape index (κ1) is 14.7. The zero-order chi connectivity index (χ0) is 12.1. The predicted molar refractivity (Wildman–Crippen MR) is 48.2 cm³/mol. The van der Waals surface area contributed by atoms with Gasteiger partial charge in [0.05, 0.1) is 0 Å². The lowest BCUT2D eigenvalue weighted by molar-refractivity contribution is -0.127. The molecule has 0 aromatic heterocycles. The third-order valence-corrected chi connectivity index (χ3v) is 2.63. The highest BCUT2D eigenvalue weighted by Crippen LogP contribution is 2.31. The van der Waals surface area contributed by atoms with Gasteiger partial charge in [0, 0.05) is 18.6 Å². The van der Waals surface area contributed by atoms with Crippen LogP contribution in [-0.4, -0.2) is 29.4 Å². The molecule has 0 N–H and O–H groups in total. The largest absolute Gasteiger partial charge is 0.287 e. The number of halogens is 5. The molecule has 0 spiro atoms. The normalized spacial score (nSPS) is 14.3. The molecule has 0 aromatic carbocycles. The van der Waals surface area contributed by atoms with Crippen LogP contribution in [0.3, 0.4) is 0 Å². The molecule has 1 nitrogen and oxygen atoms in total. The minimum atomic E-state index is -4.07. The lowest BCUT2D eigenvalue weighted by Crippen LogP contribution is -2.36. The molecule has 0 aliphatic rings. The zero-order valence-corrected chi connectivity index (χ0v) is 8.80. The second-order valence-electron chi connectivity index (χ2n) is 2.82. The Bertz CT molecular complexity index is 209. The van der Waals surface area contributed by atoms with Crippen molar-refractivity contribution in [2.45, 2.75) is 38.3 Å². The van der Waals surface area contributed by atoms with Crippen molar-refractivity contribution in [2.24, 2.45) is 0 Å². The number of rotatable bonds is 6. The standard InChI is InChI=1S/C8H11F5OS/c1-2-5(14)15-4-3-8(12,13)6(9)7(10)11/h6-7H,2-4H2,1H3. The van der Waals surface area contributed by atoms with E-state index in [1.165, 1.54) is 0 Å². The van der Waals surface area contributed by atoms with Crippen LogP contribution in [-0.2, 0) is 4.79 Å². The van der Waals surface area contributed by atoms with E-state index in [1.807, 2.05) is 0 Å². The van der Waals surface area contributed by atoms with Gasteiger partial charge in [-0.1, -0.05) is 18.7 Å². The van der Waals surface area contributed by atoms with Crippen LogP contribution in [0.5, 0.6) is 0 Å². The summed E-state index contributed by atoms with van der Waals surface area (Å²) < 4.78 is 60.9. The van der Waals surface area contributed by atoms with Crippen LogP contribution >= 0.6 is 11.8 Å². The molecule has 7 heteroatoms. The van der Waals surface area contributed by atoms with Gasteiger partial charge in [0.1, 0.15) is 0 Å².